The van der Waals surface area contributed by atoms with Gasteiger partial charge in [-0.3, -0.25) is 5.32 Å². The average molecular weight is 290 g/mol. The van der Waals surface area contributed by atoms with Crippen LogP contribution in [0.4, 0.5) is 16.2 Å². The zero-order valence-electron chi connectivity index (χ0n) is 13.2. The third kappa shape index (κ3) is 4.66. The number of hydrogen-bond donors (Lipinski definition) is 2. The molecule has 1 fully saturated rings. The van der Waals surface area contributed by atoms with Crippen molar-refractivity contribution in [2.75, 3.05) is 17.7 Å². The van der Waals surface area contributed by atoms with Crippen LogP contribution >= 0.6 is 0 Å². The molecule has 116 valence electrons. The zero-order chi connectivity index (χ0) is 15.2. The maximum atomic E-state index is 11.1. The van der Waals surface area contributed by atoms with E-state index in [1.54, 1.807) is 0 Å². The molecule has 4 heteroatoms. The van der Waals surface area contributed by atoms with Gasteiger partial charge in [0.1, 0.15) is 0 Å². The predicted octanol–water partition coefficient (Wildman–Crippen LogP) is 4.49. The molecule has 0 spiro atoms. The summed E-state index contributed by atoms with van der Waals surface area (Å²) in [6.45, 7) is 4.65. The molecular formula is C17H26N2O2. The summed E-state index contributed by atoms with van der Waals surface area (Å²) in [5.74, 6) is 1.68. The van der Waals surface area contributed by atoms with Crippen LogP contribution in [0.5, 0.6) is 0 Å². The van der Waals surface area contributed by atoms with Crippen LogP contribution in [-0.2, 0) is 4.74 Å². The molecule has 1 aliphatic carbocycles. The molecule has 0 atom stereocenters. The number of hydrogen-bond acceptors (Lipinski definition) is 3. The first kappa shape index (κ1) is 15.7. The van der Waals surface area contributed by atoms with Crippen LogP contribution in [0.25, 0.3) is 0 Å². The third-order valence-electron chi connectivity index (χ3n) is 4.40. The Bertz CT molecular complexity index is 448. The van der Waals surface area contributed by atoms with E-state index >= 15 is 0 Å². The molecule has 0 aliphatic heterocycles. The van der Waals surface area contributed by atoms with Gasteiger partial charge in [0.2, 0.25) is 0 Å². The lowest BCUT2D eigenvalue weighted by Gasteiger charge is -2.31. The molecule has 4 nitrogen and oxygen atoms in total. The summed E-state index contributed by atoms with van der Waals surface area (Å²) < 4.78 is 4.57. The number of methoxy groups -OCH3 is 1. The minimum absolute atomic E-state index is 0.442. The molecule has 0 aromatic heterocycles. The fourth-order valence-corrected chi connectivity index (χ4v) is 2.98. The molecule has 1 aliphatic rings. The van der Waals surface area contributed by atoms with E-state index in [1.165, 1.54) is 32.8 Å². The summed E-state index contributed by atoms with van der Waals surface area (Å²) in [5, 5.41) is 6.24. The Morgan fingerprint density at radius 2 is 1.67 bits per heavy atom. The van der Waals surface area contributed by atoms with Crippen molar-refractivity contribution in [1.29, 1.82) is 0 Å². The molecule has 1 aromatic carbocycles. The Balaban J connectivity index is 1.82. The van der Waals surface area contributed by atoms with Gasteiger partial charge in [-0.2, -0.15) is 0 Å². The van der Waals surface area contributed by atoms with Crippen LogP contribution in [0.1, 0.15) is 39.5 Å². The predicted molar refractivity (Wildman–Crippen MR) is 86.7 cm³/mol. The van der Waals surface area contributed by atoms with Gasteiger partial charge in [-0.15, -0.1) is 0 Å². The van der Waals surface area contributed by atoms with Crippen LogP contribution in [0, 0.1) is 11.8 Å². The molecule has 0 saturated heterocycles. The SMILES string of the molecule is COC(=O)Nc1ccc(NC2CCC(C(C)C)CC2)cc1. The van der Waals surface area contributed by atoms with Gasteiger partial charge in [0.05, 0.1) is 7.11 Å². The third-order valence-corrected chi connectivity index (χ3v) is 4.40. The fourth-order valence-electron chi connectivity index (χ4n) is 2.98. The summed E-state index contributed by atoms with van der Waals surface area (Å²) in [7, 11) is 1.36. The van der Waals surface area contributed by atoms with Crippen molar-refractivity contribution in [3.63, 3.8) is 0 Å². The van der Waals surface area contributed by atoms with Gasteiger partial charge >= 0.3 is 6.09 Å². The monoisotopic (exact) mass is 290 g/mol. The zero-order valence-corrected chi connectivity index (χ0v) is 13.2. The Kier molecular flexibility index (Phi) is 5.48. The minimum Gasteiger partial charge on any atom is -0.453 e. The van der Waals surface area contributed by atoms with Gasteiger partial charge in [-0.1, -0.05) is 13.8 Å². The number of carbonyl (C=O) groups excluding carboxylic acids is 1. The second kappa shape index (κ2) is 7.34. The van der Waals surface area contributed by atoms with E-state index in [1.807, 2.05) is 24.3 Å². The van der Waals surface area contributed by atoms with Crippen LogP contribution in [-0.4, -0.2) is 19.2 Å². The number of nitrogens with one attached hydrogen (secondary N) is 2. The summed E-state index contributed by atoms with van der Waals surface area (Å²) in [6, 6.07) is 8.34. The average Bonchev–Trinajstić information content (AvgIpc) is 2.49. The van der Waals surface area contributed by atoms with Gasteiger partial charge < -0.3 is 10.1 Å². The lowest BCUT2D eigenvalue weighted by atomic mass is 9.79. The highest BCUT2D eigenvalue weighted by atomic mass is 16.5. The first-order valence-corrected chi connectivity index (χ1v) is 7.80. The molecule has 2 N–H and O–H groups in total. The van der Waals surface area contributed by atoms with Crippen LogP contribution < -0.4 is 10.6 Å². The Hall–Kier alpha value is -1.71. The highest BCUT2D eigenvalue weighted by Gasteiger charge is 2.22. The quantitative estimate of drug-likeness (QED) is 0.859. The van der Waals surface area contributed by atoms with Gasteiger partial charge in [0.25, 0.3) is 0 Å². The van der Waals surface area contributed by atoms with E-state index in [-0.39, 0.29) is 0 Å². The number of amides is 1. The molecule has 1 saturated carbocycles. The molecule has 0 bridgehead atoms. The highest BCUT2D eigenvalue weighted by molar-refractivity contribution is 5.84. The number of carbonyl (C=O) groups is 1. The molecule has 1 amide bonds. The van der Waals surface area contributed by atoms with Crippen molar-refractivity contribution in [2.24, 2.45) is 11.8 Å². The molecule has 0 radical (unpaired) electrons. The van der Waals surface area contributed by atoms with Gasteiger partial charge in [-0.25, -0.2) is 4.79 Å². The molecule has 1 aromatic rings. The van der Waals surface area contributed by atoms with E-state index in [0.29, 0.717) is 6.04 Å². The maximum absolute atomic E-state index is 11.1. The molecular weight excluding hydrogens is 264 g/mol. The Labute approximate surface area is 127 Å². The number of benzene rings is 1. The molecule has 2 rings (SSSR count). The Morgan fingerprint density at radius 3 is 2.19 bits per heavy atom. The number of rotatable bonds is 4. The van der Waals surface area contributed by atoms with Crippen molar-refractivity contribution in [3.05, 3.63) is 24.3 Å². The van der Waals surface area contributed by atoms with Gasteiger partial charge in [0, 0.05) is 17.4 Å². The summed E-state index contributed by atoms with van der Waals surface area (Å²) in [5.41, 5.74) is 1.86. The fraction of sp³-hybridized carbons (Fsp3) is 0.588. The van der Waals surface area contributed by atoms with Crippen LogP contribution in [0.2, 0.25) is 0 Å². The normalized spacial score (nSPS) is 21.9. The first-order valence-electron chi connectivity index (χ1n) is 7.80. The smallest absolute Gasteiger partial charge is 0.411 e. The second-order valence-electron chi connectivity index (χ2n) is 6.19. The van der Waals surface area contributed by atoms with E-state index in [4.69, 9.17) is 0 Å². The highest BCUT2D eigenvalue weighted by Crippen LogP contribution is 2.31. The summed E-state index contributed by atoms with van der Waals surface area (Å²) >= 11 is 0. The van der Waals surface area contributed by atoms with Crippen molar-refractivity contribution in [3.8, 4) is 0 Å². The topological polar surface area (TPSA) is 50.4 Å². The molecule has 0 unspecified atom stereocenters. The van der Waals surface area contributed by atoms with E-state index in [0.717, 1.165) is 23.2 Å². The van der Waals surface area contributed by atoms with E-state index in [2.05, 4.69) is 29.2 Å². The number of ether oxygens (including phenoxy) is 1. The minimum atomic E-state index is -0.442. The lowest BCUT2D eigenvalue weighted by molar-refractivity contribution is 0.187. The van der Waals surface area contributed by atoms with Crippen LogP contribution in [0.15, 0.2) is 24.3 Å². The van der Waals surface area contributed by atoms with Crippen LogP contribution in [0.3, 0.4) is 0 Å². The van der Waals surface area contributed by atoms with Crippen molar-refractivity contribution >= 4 is 17.5 Å². The van der Waals surface area contributed by atoms with Gasteiger partial charge in [0.15, 0.2) is 0 Å². The maximum Gasteiger partial charge on any atom is 0.411 e. The lowest BCUT2D eigenvalue weighted by Crippen LogP contribution is -2.27. The summed E-state index contributed by atoms with van der Waals surface area (Å²) in [4.78, 5) is 11.1. The number of anilines is 2. The van der Waals surface area contributed by atoms with Crippen molar-refractivity contribution in [1.82, 2.24) is 0 Å². The van der Waals surface area contributed by atoms with E-state index < -0.39 is 6.09 Å². The molecule has 0 heterocycles. The van der Waals surface area contributed by atoms with Crippen molar-refractivity contribution < 1.29 is 9.53 Å². The van der Waals surface area contributed by atoms with E-state index in [9.17, 15) is 4.79 Å². The summed E-state index contributed by atoms with van der Waals surface area (Å²) in [6.07, 6.45) is 4.67. The van der Waals surface area contributed by atoms with Gasteiger partial charge in [-0.05, 0) is 61.8 Å². The van der Waals surface area contributed by atoms with Crippen molar-refractivity contribution in [2.45, 2.75) is 45.6 Å². The standard InChI is InChI=1S/C17H26N2O2/c1-12(2)13-4-6-14(7-5-13)18-15-8-10-16(11-9-15)19-17(20)21-3/h8-14,18H,4-7H2,1-3H3,(H,19,20). The Morgan fingerprint density at radius 1 is 1.10 bits per heavy atom. The second-order valence-corrected chi connectivity index (χ2v) is 6.19. The molecule has 21 heavy (non-hydrogen) atoms. The largest absolute Gasteiger partial charge is 0.453 e. The first-order chi connectivity index (χ1) is 10.1.